The molecule has 1 aliphatic rings. The summed E-state index contributed by atoms with van der Waals surface area (Å²) in [7, 11) is 0. The summed E-state index contributed by atoms with van der Waals surface area (Å²) in [5, 5.41) is 21.5. The van der Waals surface area contributed by atoms with Gasteiger partial charge in [0.1, 0.15) is 11.6 Å². The molecule has 0 radical (unpaired) electrons. The van der Waals surface area contributed by atoms with Gasteiger partial charge in [-0.3, -0.25) is 0 Å². The average molecular weight is 252 g/mol. The first-order valence-corrected chi connectivity index (χ1v) is 6.96. The monoisotopic (exact) mass is 252 g/mol. The van der Waals surface area contributed by atoms with Crippen LogP contribution >= 0.6 is 0 Å². The Balaban J connectivity index is 1.78. The van der Waals surface area contributed by atoms with Crippen molar-refractivity contribution in [2.45, 2.75) is 58.7 Å². The lowest BCUT2D eigenvalue weighted by Gasteiger charge is -2.16. The van der Waals surface area contributed by atoms with Crippen molar-refractivity contribution in [1.29, 1.82) is 0 Å². The average Bonchev–Trinajstić information content (AvgIpc) is 2.72. The molecule has 1 aromatic rings. The van der Waals surface area contributed by atoms with E-state index in [9.17, 15) is 5.11 Å². The number of nitrogens with one attached hydrogen (secondary N) is 1. The fourth-order valence-electron chi connectivity index (χ4n) is 2.48. The Morgan fingerprint density at radius 2 is 2.17 bits per heavy atom. The van der Waals surface area contributed by atoms with Crippen molar-refractivity contribution in [3.63, 3.8) is 0 Å². The molecule has 0 saturated carbocycles. The van der Waals surface area contributed by atoms with E-state index in [1.807, 2.05) is 0 Å². The van der Waals surface area contributed by atoms with Gasteiger partial charge in [0.25, 0.3) is 0 Å². The van der Waals surface area contributed by atoms with Crippen LogP contribution in [0.1, 0.15) is 44.8 Å². The van der Waals surface area contributed by atoms with E-state index in [4.69, 9.17) is 0 Å². The first-order valence-electron chi connectivity index (χ1n) is 6.96. The third-order valence-corrected chi connectivity index (χ3v) is 3.34. The Kier molecular flexibility index (Phi) is 4.72. The van der Waals surface area contributed by atoms with Crippen LogP contribution in [0, 0.1) is 5.92 Å². The van der Waals surface area contributed by atoms with Crippen molar-refractivity contribution in [2.75, 3.05) is 6.54 Å². The van der Waals surface area contributed by atoms with Crippen molar-refractivity contribution in [2.24, 2.45) is 5.92 Å². The van der Waals surface area contributed by atoms with E-state index in [1.165, 1.54) is 12.8 Å². The van der Waals surface area contributed by atoms with Gasteiger partial charge < -0.3 is 15.0 Å². The van der Waals surface area contributed by atoms with E-state index in [0.717, 1.165) is 31.0 Å². The fraction of sp³-hybridized carbons (Fsp3) is 0.846. The molecular formula is C13H24N4O. The van der Waals surface area contributed by atoms with Crippen molar-refractivity contribution in [3.05, 3.63) is 11.6 Å². The Labute approximate surface area is 109 Å². The molecule has 0 spiro atoms. The number of nitrogens with zero attached hydrogens (tertiary/aromatic N) is 3. The quantitative estimate of drug-likeness (QED) is 0.796. The van der Waals surface area contributed by atoms with E-state index in [2.05, 4.69) is 33.9 Å². The SMILES string of the molecule is CC(C)CC(O)CNCc1nnc2n1CCCC2. The maximum Gasteiger partial charge on any atom is 0.147 e. The number of aromatic nitrogens is 3. The van der Waals surface area contributed by atoms with Crippen molar-refractivity contribution in [1.82, 2.24) is 20.1 Å². The second-order valence-corrected chi connectivity index (χ2v) is 5.56. The third kappa shape index (κ3) is 3.53. The molecule has 0 aromatic carbocycles. The standard InChI is InChI=1S/C13H24N4O/c1-10(2)7-11(18)8-14-9-13-16-15-12-5-3-4-6-17(12)13/h10-11,14,18H,3-9H2,1-2H3. The Bertz CT molecular complexity index is 375. The van der Waals surface area contributed by atoms with Gasteiger partial charge in [-0.1, -0.05) is 13.8 Å². The van der Waals surface area contributed by atoms with Gasteiger partial charge in [-0.15, -0.1) is 10.2 Å². The molecule has 1 aliphatic heterocycles. The predicted molar refractivity (Wildman–Crippen MR) is 70.1 cm³/mol. The van der Waals surface area contributed by atoms with Crippen LogP contribution in [0.15, 0.2) is 0 Å². The smallest absolute Gasteiger partial charge is 0.147 e. The summed E-state index contributed by atoms with van der Waals surface area (Å²) in [4.78, 5) is 0. The number of rotatable bonds is 6. The summed E-state index contributed by atoms with van der Waals surface area (Å²) in [6, 6.07) is 0. The Morgan fingerprint density at radius 3 is 2.94 bits per heavy atom. The van der Waals surface area contributed by atoms with Crippen molar-refractivity contribution in [3.8, 4) is 0 Å². The minimum Gasteiger partial charge on any atom is -0.392 e. The van der Waals surface area contributed by atoms with Crippen LogP contribution in [-0.4, -0.2) is 32.5 Å². The Morgan fingerprint density at radius 1 is 1.33 bits per heavy atom. The molecule has 0 aliphatic carbocycles. The van der Waals surface area contributed by atoms with Crippen molar-refractivity contribution >= 4 is 0 Å². The highest BCUT2D eigenvalue weighted by molar-refractivity contribution is 4.98. The number of hydrogen-bond donors (Lipinski definition) is 2. The summed E-state index contributed by atoms with van der Waals surface area (Å²) < 4.78 is 2.21. The number of aryl methyl sites for hydroxylation is 1. The molecule has 0 bridgehead atoms. The minimum absolute atomic E-state index is 0.270. The zero-order valence-electron chi connectivity index (χ0n) is 11.4. The van der Waals surface area contributed by atoms with Gasteiger partial charge in [-0.05, 0) is 25.2 Å². The number of aliphatic hydroxyl groups excluding tert-OH is 1. The van der Waals surface area contributed by atoms with Gasteiger partial charge in [0.2, 0.25) is 0 Å². The van der Waals surface area contributed by atoms with Gasteiger partial charge in [-0.25, -0.2) is 0 Å². The van der Waals surface area contributed by atoms with Crippen LogP contribution in [0.5, 0.6) is 0 Å². The molecule has 18 heavy (non-hydrogen) atoms. The lowest BCUT2D eigenvalue weighted by atomic mass is 10.1. The maximum absolute atomic E-state index is 9.78. The molecule has 5 nitrogen and oxygen atoms in total. The highest BCUT2D eigenvalue weighted by Crippen LogP contribution is 2.14. The highest BCUT2D eigenvalue weighted by Gasteiger charge is 2.15. The van der Waals surface area contributed by atoms with Crippen LogP contribution in [0.25, 0.3) is 0 Å². The van der Waals surface area contributed by atoms with E-state index in [1.54, 1.807) is 0 Å². The molecule has 2 heterocycles. The molecule has 2 N–H and O–H groups in total. The van der Waals surface area contributed by atoms with Crippen LogP contribution in [0.2, 0.25) is 0 Å². The predicted octanol–water partition coefficient (Wildman–Crippen LogP) is 1.11. The Hall–Kier alpha value is -0.940. The first kappa shape index (κ1) is 13.5. The molecule has 0 amide bonds. The largest absolute Gasteiger partial charge is 0.392 e. The fourth-order valence-corrected chi connectivity index (χ4v) is 2.48. The molecule has 0 fully saturated rings. The van der Waals surface area contributed by atoms with Crippen LogP contribution < -0.4 is 5.32 Å². The molecule has 1 atom stereocenters. The van der Waals surface area contributed by atoms with E-state index < -0.39 is 0 Å². The van der Waals surface area contributed by atoms with Gasteiger partial charge in [-0.2, -0.15) is 0 Å². The molecule has 0 saturated heterocycles. The van der Waals surface area contributed by atoms with E-state index >= 15 is 0 Å². The van der Waals surface area contributed by atoms with E-state index in [-0.39, 0.29) is 6.10 Å². The maximum atomic E-state index is 9.78. The molecule has 102 valence electrons. The summed E-state index contributed by atoms with van der Waals surface area (Å²) in [6.45, 7) is 6.60. The molecular weight excluding hydrogens is 228 g/mol. The van der Waals surface area contributed by atoms with Crippen LogP contribution in [0.3, 0.4) is 0 Å². The minimum atomic E-state index is -0.270. The summed E-state index contributed by atoms with van der Waals surface area (Å²) in [5.41, 5.74) is 0. The molecule has 1 aromatic heterocycles. The summed E-state index contributed by atoms with van der Waals surface area (Å²) in [5.74, 6) is 2.64. The first-order chi connectivity index (χ1) is 8.66. The zero-order chi connectivity index (χ0) is 13.0. The normalized spacial score (nSPS) is 16.9. The lowest BCUT2D eigenvalue weighted by molar-refractivity contribution is 0.145. The van der Waals surface area contributed by atoms with E-state index in [0.29, 0.717) is 19.0 Å². The number of aliphatic hydroxyl groups is 1. The highest BCUT2D eigenvalue weighted by atomic mass is 16.3. The van der Waals surface area contributed by atoms with Crippen LogP contribution in [-0.2, 0) is 19.5 Å². The van der Waals surface area contributed by atoms with Crippen LogP contribution in [0.4, 0.5) is 0 Å². The molecule has 2 rings (SSSR count). The van der Waals surface area contributed by atoms with Crippen molar-refractivity contribution < 1.29 is 5.11 Å². The zero-order valence-corrected chi connectivity index (χ0v) is 11.4. The topological polar surface area (TPSA) is 63.0 Å². The second kappa shape index (κ2) is 6.29. The summed E-state index contributed by atoms with van der Waals surface area (Å²) >= 11 is 0. The third-order valence-electron chi connectivity index (χ3n) is 3.34. The summed E-state index contributed by atoms with van der Waals surface area (Å²) in [6.07, 6.45) is 4.05. The van der Waals surface area contributed by atoms with Gasteiger partial charge >= 0.3 is 0 Å². The van der Waals surface area contributed by atoms with Gasteiger partial charge in [0, 0.05) is 19.5 Å². The molecule has 5 heteroatoms. The number of fused-ring (bicyclic) bond motifs is 1. The molecule has 1 unspecified atom stereocenters. The lowest BCUT2D eigenvalue weighted by Crippen LogP contribution is -2.29. The van der Waals surface area contributed by atoms with Gasteiger partial charge in [0.05, 0.1) is 12.6 Å². The number of hydrogen-bond acceptors (Lipinski definition) is 4. The second-order valence-electron chi connectivity index (χ2n) is 5.56. The van der Waals surface area contributed by atoms with Gasteiger partial charge in [0.15, 0.2) is 0 Å².